The molecule has 4 heteroatoms. The lowest BCUT2D eigenvalue weighted by molar-refractivity contribution is 0.247. The number of aliphatic hydroxyl groups is 1. The molecule has 112 valence electrons. The molecule has 0 spiro atoms. The molecule has 1 N–H and O–H groups in total. The van der Waals surface area contributed by atoms with Crippen LogP contribution in [0.2, 0.25) is 0 Å². The first-order chi connectivity index (χ1) is 9.51. The number of likely N-dealkylation sites (N-methyl/N-ethyl adjacent to an activating group) is 2. The van der Waals surface area contributed by atoms with Crippen LogP contribution in [-0.2, 0) is 6.61 Å². The van der Waals surface area contributed by atoms with E-state index in [1.165, 1.54) is 19.4 Å². The summed E-state index contributed by atoms with van der Waals surface area (Å²) < 4.78 is 0. The molecule has 1 saturated heterocycles. The largest absolute Gasteiger partial charge is 0.392 e. The highest BCUT2D eigenvalue weighted by molar-refractivity contribution is 5.43. The first-order valence-corrected chi connectivity index (χ1v) is 7.54. The smallest absolute Gasteiger partial charge is 0.129 e. The summed E-state index contributed by atoms with van der Waals surface area (Å²) >= 11 is 0. The molecule has 1 aromatic rings. The number of piperidine rings is 1. The third-order valence-electron chi connectivity index (χ3n) is 4.17. The molecule has 1 aliphatic heterocycles. The minimum Gasteiger partial charge on any atom is -0.392 e. The van der Waals surface area contributed by atoms with Gasteiger partial charge in [-0.1, -0.05) is 13.8 Å². The molecule has 1 aliphatic rings. The average Bonchev–Trinajstić information content (AvgIpc) is 2.45. The Morgan fingerprint density at radius 3 is 2.80 bits per heavy atom. The number of aromatic nitrogens is 1. The van der Waals surface area contributed by atoms with Gasteiger partial charge in [-0.15, -0.1) is 0 Å². The molecule has 1 fully saturated rings. The Hall–Kier alpha value is -1.13. The van der Waals surface area contributed by atoms with Crippen LogP contribution in [0, 0.1) is 0 Å². The predicted octanol–water partition coefficient (Wildman–Crippen LogP) is 2.23. The fourth-order valence-electron chi connectivity index (χ4n) is 2.80. The molecule has 0 bridgehead atoms. The first kappa shape index (κ1) is 15.3. The van der Waals surface area contributed by atoms with Crippen LogP contribution in [0.3, 0.4) is 0 Å². The molecule has 1 aromatic heterocycles. The molecule has 20 heavy (non-hydrogen) atoms. The van der Waals surface area contributed by atoms with Crippen LogP contribution in [0.1, 0.15) is 43.9 Å². The monoisotopic (exact) mass is 277 g/mol. The lowest BCUT2D eigenvalue weighted by Crippen LogP contribution is -2.45. The lowest BCUT2D eigenvalue weighted by Gasteiger charge is -2.36. The zero-order chi connectivity index (χ0) is 14.7. The van der Waals surface area contributed by atoms with Gasteiger partial charge in [-0.3, -0.25) is 0 Å². The summed E-state index contributed by atoms with van der Waals surface area (Å²) in [6.45, 7) is 6.63. The number of hydrogen-bond acceptors (Lipinski definition) is 4. The SMILES string of the molecule is CC(C)c1cc(CO)cc(N(C)C2CCCN(C)C2)n1. The van der Waals surface area contributed by atoms with Crippen molar-refractivity contribution in [3.8, 4) is 0 Å². The van der Waals surface area contributed by atoms with Gasteiger partial charge in [-0.05, 0) is 50.0 Å². The van der Waals surface area contributed by atoms with Crippen LogP contribution in [0.5, 0.6) is 0 Å². The maximum atomic E-state index is 9.45. The van der Waals surface area contributed by atoms with Gasteiger partial charge in [0.25, 0.3) is 0 Å². The van der Waals surface area contributed by atoms with E-state index in [4.69, 9.17) is 4.98 Å². The Balaban J connectivity index is 2.23. The summed E-state index contributed by atoms with van der Waals surface area (Å²) in [7, 11) is 4.30. The fraction of sp³-hybridized carbons (Fsp3) is 0.688. The van der Waals surface area contributed by atoms with E-state index < -0.39 is 0 Å². The summed E-state index contributed by atoms with van der Waals surface area (Å²) in [5, 5.41) is 9.45. The van der Waals surface area contributed by atoms with E-state index in [1.807, 2.05) is 12.1 Å². The van der Waals surface area contributed by atoms with E-state index in [0.29, 0.717) is 12.0 Å². The van der Waals surface area contributed by atoms with Gasteiger partial charge < -0.3 is 14.9 Å². The van der Waals surface area contributed by atoms with Gasteiger partial charge in [0.15, 0.2) is 0 Å². The molecule has 1 atom stereocenters. The molecule has 0 saturated carbocycles. The Labute approximate surface area is 122 Å². The maximum Gasteiger partial charge on any atom is 0.129 e. The van der Waals surface area contributed by atoms with Crippen molar-refractivity contribution in [2.24, 2.45) is 0 Å². The third-order valence-corrected chi connectivity index (χ3v) is 4.17. The van der Waals surface area contributed by atoms with Crippen molar-refractivity contribution >= 4 is 5.82 Å². The molecule has 2 rings (SSSR count). The number of nitrogens with zero attached hydrogens (tertiary/aromatic N) is 3. The van der Waals surface area contributed by atoms with E-state index in [-0.39, 0.29) is 6.61 Å². The van der Waals surface area contributed by atoms with E-state index >= 15 is 0 Å². The van der Waals surface area contributed by atoms with Crippen LogP contribution >= 0.6 is 0 Å². The predicted molar refractivity (Wildman–Crippen MR) is 83.2 cm³/mol. The van der Waals surface area contributed by atoms with Gasteiger partial charge in [0.05, 0.1) is 6.61 Å². The summed E-state index contributed by atoms with van der Waals surface area (Å²) in [6.07, 6.45) is 2.45. The van der Waals surface area contributed by atoms with Gasteiger partial charge in [-0.2, -0.15) is 0 Å². The van der Waals surface area contributed by atoms with E-state index in [1.54, 1.807) is 0 Å². The third kappa shape index (κ3) is 3.49. The Morgan fingerprint density at radius 1 is 1.45 bits per heavy atom. The Bertz CT molecular complexity index is 447. The number of anilines is 1. The minimum absolute atomic E-state index is 0.0770. The summed E-state index contributed by atoms with van der Waals surface area (Å²) in [6, 6.07) is 4.53. The normalized spacial score (nSPS) is 20.4. The van der Waals surface area contributed by atoms with Gasteiger partial charge in [0.2, 0.25) is 0 Å². The van der Waals surface area contributed by atoms with Crippen molar-refractivity contribution < 1.29 is 5.11 Å². The van der Waals surface area contributed by atoms with E-state index in [9.17, 15) is 5.11 Å². The van der Waals surface area contributed by atoms with Crippen LogP contribution in [0.15, 0.2) is 12.1 Å². The summed E-state index contributed by atoms with van der Waals surface area (Å²) in [4.78, 5) is 9.43. The standard InChI is InChI=1S/C16H27N3O/c1-12(2)15-8-13(11-20)9-16(17-15)19(4)14-6-5-7-18(3)10-14/h8-9,12,14,20H,5-7,10-11H2,1-4H3. The van der Waals surface area contributed by atoms with Crippen molar-refractivity contribution in [2.75, 3.05) is 32.1 Å². The highest BCUT2D eigenvalue weighted by atomic mass is 16.3. The molecule has 0 aromatic carbocycles. The van der Waals surface area contributed by atoms with Gasteiger partial charge in [-0.25, -0.2) is 4.98 Å². The molecular formula is C16H27N3O. The second-order valence-electron chi connectivity index (χ2n) is 6.24. The van der Waals surface area contributed by atoms with Crippen molar-refractivity contribution in [1.82, 2.24) is 9.88 Å². The van der Waals surface area contributed by atoms with Crippen molar-refractivity contribution in [3.63, 3.8) is 0 Å². The molecule has 2 heterocycles. The van der Waals surface area contributed by atoms with E-state index in [0.717, 1.165) is 23.6 Å². The number of pyridine rings is 1. The molecular weight excluding hydrogens is 250 g/mol. The van der Waals surface area contributed by atoms with Gasteiger partial charge in [0.1, 0.15) is 5.82 Å². The molecule has 0 amide bonds. The number of likely N-dealkylation sites (tertiary alicyclic amines) is 1. The number of aliphatic hydroxyl groups excluding tert-OH is 1. The fourth-order valence-corrected chi connectivity index (χ4v) is 2.80. The van der Waals surface area contributed by atoms with E-state index in [2.05, 4.69) is 37.7 Å². The zero-order valence-electron chi connectivity index (χ0n) is 13.1. The molecule has 0 aliphatic carbocycles. The van der Waals surface area contributed by atoms with Crippen LogP contribution in [0.4, 0.5) is 5.82 Å². The van der Waals surface area contributed by atoms with Gasteiger partial charge >= 0.3 is 0 Å². The number of hydrogen-bond donors (Lipinski definition) is 1. The summed E-state index contributed by atoms with van der Waals surface area (Å²) in [5.74, 6) is 1.36. The molecule has 1 unspecified atom stereocenters. The van der Waals surface area contributed by atoms with Crippen molar-refractivity contribution in [3.05, 3.63) is 23.4 Å². The first-order valence-electron chi connectivity index (χ1n) is 7.54. The summed E-state index contributed by atoms with van der Waals surface area (Å²) in [5.41, 5.74) is 2.01. The highest BCUT2D eigenvalue weighted by Gasteiger charge is 2.22. The lowest BCUT2D eigenvalue weighted by atomic mass is 10.0. The van der Waals surface area contributed by atoms with Crippen LogP contribution < -0.4 is 4.90 Å². The second-order valence-corrected chi connectivity index (χ2v) is 6.24. The molecule has 0 radical (unpaired) electrons. The Morgan fingerprint density at radius 2 is 2.20 bits per heavy atom. The zero-order valence-corrected chi connectivity index (χ0v) is 13.1. The number of rotatable bonds is 4. The maximum absolute atomic E-state index is 9.45. The van der Waals surface area contributed by atoms with Crippen molar-refractivity contribution in [2.45, 2.75) is 45.3 Å². The Kier molecular flexibility index (Phi) is 5.00. The minimum atomic E-state index is 0.0770. The quantitative estimate of drug-likeness (QED) is 0.916. The topological polar surface area (TPSA) is 39.6 Å². The second kappa shape index (κ2) is 6.55. The highest BCUT2D eigenvalue weighted by Crippen LogP contribution is 2.23. The average molecular weight is 277 g/mol. The molecule has 4 nitrogen and oxygen atoms in total. The van der Waals surface area contributed by atoms with Crippen LogP contribution in [-0.4, -0.2) is 48.2 Å². The van der Waals surface area contributed by atoms with Gasteiger partial charge in [0, 0.05) is 25.3 Å². The van der Waals surface area contributed by atoms with Crippen molar-refractivity contribution in [1.29, 1.82) is 0 Å². The van der Waals surface area contributed by atoms with Crippen LogP contribution in [0.25, 0.3) is 0 Å².